The lowest BCUT2D eigenvalue weighted by atomic mass is 10.2. The normalized spacial score (nSPS) is 21.5. The Morgan fingerprint density at radius 1 is 1.50 bits per heavy atom. The number of piperazine rings is 1. The maximum atomic E-state index is 11.9. The van der Waals surface area contributed by atoms with Gasteiger partial charge in [0.15, 0.2) is 0 Å². The molecule has 0 aliphatic carbocycles. The largest absolute Gasteiger partial charge is 0.389 e. The number of nitrogens with one attached hydrogen (secondary N) is 1. The highest BCUT2D eigenvalue weighted by atomic mass is 35.5. The fourth-order valence-electron chi connectivity index (χ4n) is 1.57. The van der Waals surface area contributed by atoms with Gasteiger partial charge in [0.1, 0.15) is 0 Å². The Labute approximate surface area is 98.8 Å². The predicted molar refractivity (Wildman–Crippen MR) is 56.6 cm³/mol. The Morgan fingerprint density at radius 3 is 2.62 bits per heavy atom. The second kappa shape index (κ2) is 6.30. The first-order valence-corrected chi connectivity index (χ1v) is 4.96. The van der Waals surface area contributed by atoms with E-state index in [9.17, 15) is 18.0 Å². The van der Waals surface area contributed by atoms with Gasteiger partial charge in [-0.3, -0.25) is 4.79 Å². The molecule has 0 unspecified atom stereocenters. The number of carbonyl (C=O) groups excluding carboxylic acids is 1. The number of carbonyl (C=O) groups is 1. The topological polar surface area (TPSA) is 32.3 Å². The molecule has 1 rings (SSSR count). The van der Waals surface area contributed by atoms with Crippen molar-refractivity contribution < 1.29 is 18.0 Å². The Hall–Kier alpha value is -0.490. The monoisotopic (exact) mass is 260 g/mol. The first-order valence-electron chi connectivity index (χ1n) is 4.96. The molecule has 1 atom stereocenters. The molecule has 1 fully saturated rings. The van der Waals surface area contributed by atoms with Crippen LogP contribution in [0.25, 0.3) is 0 Å². The highest BCUT2D eigenvalue weighted by molar-refractivity contribution is 5.85. The second-order valence-electron chi connectivity index (χ2n) is 3.81. The van der Waals surface area contributed by atoms with Crippen LogP contribution < -0.4 is 5.32 Å². The van der Waals surface area contributed by atoms with Crippen LogP contribution in [0.5, 0.6) is 0 Å². The zero-order chi connectivity index (χ0) is 11.5. The van der Waals surface area contributed by atoms with Crippen LogP contribution in [-0.4, -0.2) is 42.7 Å². The van der Waals surface area contributed by atoms with Gasteiger partial charge in [-0.05, 0) is 6.92 Å². The molecule has 1 heterocycles. The van der Waals surface area contributed by atoms with Crippen LogP contribution in [0, 0.1) is 0 Å². The van der Waals surface area contributed by atoms with Crippen LogP contribution >= 0.6 is 12.4 Å². The summed E-state index contributed by atoms with van der Waals surface area (Å²) in [5, 5.41) is 3.12. The standard InChI is InChI=1S/C9H15F3N2O.ClH/c1-7-6-14(5-4-13-7)8(15)2-3-9(10,11)12;/h7,13H,2-6H2,1H3;1H/t7-;/m0./s1. The Bertz CT molecular complexity index is 235. The molecule has 0 radical (unpaired) electrons. The maximum Gasteiger partial charge on any atom is 0.389 e. The summed E-state index contributed by atoms with van der Waals surface area (Å²) in [6, 6.07) is 0.161. The summed E-state index contributed by atoms with van der Waals surface area (Å²) in [5.74, 6) is -0.402. The molecule has 7 heteroatoms. The van der Waals surface area contributed by atoms with E-state index < -0.39 is 24.9 Å². The first kappa shape index (κ1) is 15.5. The van der Waals surface area contributed by atoms with Gasteiger partial charge in [-0.1, -0.05) is 0 Å². The van der Waals surface area contributed by atoms with Crippen molar-refractivity contribution in [3.63, 3.8) is 0 Å². The van der Waals surface area contributed by atoms with Crippen molar-refractivity contribution in [2.24, 2.45) is 0 Å². The van der Waals surface area contributed by atoms with Crippen LogP contribution in [0.1, 0.15) is 19.8 Å². The highest BCUT2D eigenvalue weighted by Crippen LogP contribution is 2.21. The molecule has 3 nitrogen and oxygen atoms in total. The van der Waals surface area contributed by atoms with Crippen molar-refractivity contribution >= 4 is 18.3 Å². The molecular formula is C9H16ClF3N2O. The van der Waals surface area contributed by atoms with Gasteiger partial charge < -0.3 is 10.2 Å². The third-order valence-electron chi connectivity index (χ3n) is 2.34. The number of rotatable bonds is 2. The molecule has 0 aromatic heterocycles. The van der Waals surface area contributed by atoms with E-state index in [0.717, 1.165) is 0 Å². The van der Waals surface area contributed by atoms with Crippen LogP contribution in [0.15, 0.2) is 0 Å². The zero-order valence-corrected chi connectivity index (χ0v) is 9.83. The van der Waals surface area contributed by atoms with Gasteiger partial charge in [-0.25, -0.2) is 0 Å². The lowest BCUT2D eigenvalue weighted by Crippen LogP contribution is -2.51. The molecule has 1 N–H and O–H groups in total. The summed E-state index contributed by atoms with van der Waals surface area (Å²) >= 11 is 0. The Morgan fingerprint density at radius 2 is 2.12 bits per heavy atom. The number of hydrogen-bond acceptors (Lipinski definition) is 2. The van der Waals surface area contributed by atoms with Crippen molar-refractivity contribution in [2.75, 3.05) is 19.6 Å². The van der Waals surface area contributed by atoms with Gasteiger partial charge in [0.2, 0.25) is 5.91 Å². The summed E-state index contributed by atoms with van der Waals surface area (Å²) in [5.41, 5.74) is 0. The van der Waals surface area contributed by atoms with E-state index in [0.29, 0.717) is 19.6 Å². The number of hydrogen-bond donors (Lipinski definition) is 1. The Balaban J connectivity index is 0.00000225. The lowest BCUT2D eigenvalue weighted by molar-refractivity contribution is -0.149. The van der Waals surface area contributed by atoms with Gasteiger partial charge in [0.05, 0.1) is 6.42 Å². The predicted octanol–water partition coefficient (Wildman–Crippen LogP) is 1.57. The molecular weight excluding hydrogens is 245 g/mol. The van der Waals surface area contributed by atoms with Gasteiger partial charge >= 0.3 is 6.18 Å². The fraction of sp³-hybridized carbons (Fsp3) is 0.889. The number of alkyl halides is 3. The van der Waals surface area contributed by atoms with Gasteiger partial charge in [0.25, 0.3) is 0 Å². The van der Waals surface area contributed by atoms with Gasteiger partial charge in [-0.2, -0.15) is 13.2 Å². The minimum Gasteiger partial charge on any atom is -0.340 e. The van der Waals surface area contributed by atoms with E-state index in [-0.39, 0.29) is 18.4 Å². The smallest absolute Gasteiger partial charge is 0.340 e. The third-order valence-corrected chi connectivity index (χ3v) is 2.34. The van der Waals surface area contributed by atoms with Crippen molar-refractivity contribution in [3.8, 4) is 0 Å². The van der Waals surface area contributed by atoms with Crippen molar-refractivity contribution in [2.45, 2.75) is 32.0 Å². The van der Waals surface area contributed by atoms with Gasteiger partial charge in [-0.15, -0.1) is 12.4 Å². The van der Waals surface area contributed by atoms with Crippen LogP contribution in [0.2, 0.25) is 0 Å². The molecule has 1 saturated heterocycles. The molecule has 1 aliphatic heterocycles. The highest BCUT2D eigenvalue weighted by Gasteiger charge is 2.29. The number of amides is 1. The van der Waals surface area contributed by atoms with E-state index in [2.05, 4.69) is 5.32 Å². The molecule has 0 spiro atoms. The average molecular weight is 261 g/mol. The third kappa shape index (κ3) is 5.55. The van der Waals surface area contributed by atoms with E-state index in [1.807, 2.05) is 6.92 Å². The minimum atomic E-state index is -4.24. The fourth-order valence-corrected chi connectivity index (χ4v) is 1.57. The molecule has 96 valence electrons. The zero-order valence-electron chi connectivity index (χ0n) is 9.01. The maximum absolute atomic E-state index is 11.9. The summed E-state index contributed by atoms with van der Waals surface area (Å²) in [6.45, 7) is 3.56. The molecule has 1 aliphatic rings. The van der Waals surface area contributed by atoms with E-state index >= 15 is 0 Å². The van der Waals surface area contributed by atoms with Crippen molar-refractivity contribution in [1.29, 1.82) is 0 Å². The van der Waals surface area contributed by atoms with Crippen LogP contribution in [0.3, 0.4) is 0 Å². The Kier molecular flexibility index (Phi) is 6.10. The van der Waals surface area contributed by atoms with E-state index in [1.54, 1.807) is 0 Å². The minimum absolute atomic E-state index is 0. The molecule has 0 saturated carbocycles. The van der Waals surface area contributed by atoms with Crippen LogP contribution in [0.4, 0.5) is 13.2 Å². The van der Waals surface area contributed by atoms with Gasteiger partial charge in [0, 0.05) is 32.1 Å². The summed E-state index contributed by atoms with van der Waals surface area (Å²) in [4.78, 5) is 12.9. The van der Waals surface area contributed by atoms with E-state index in [1.165, 1.54) is 4.90 Å². The van der Waals surface area contributed by atoms with Crippen molar-refractivity contribution in [3.05, 3.63) is 0 Å². The summed E-state index contributed by atoms with van der Waals surface area (Å²) in [7, 11) is 0. The average Bonchev–Trinajstić information content (AvgIpc) is 2.13. The molecule has 16 heavy (non-hydrogen) atoms. The number of halogens is 4. The first-order chi connectivity index (χ1) is 6.88. The number of nitrogens with zero attached hydrogens (tertiary/aromatic N) is 1. The van der Waals surface area contributed by atoms with Crippen molar-refractivity contribution in [1.82, 2.24) is 10.2 Å². The molecule has 1 amide bonds. The van der Waals surface area contributed by atoms with E-state index in [4.69, 9.17) is 0 Å². The molecule has 0 bridgehead atoms. The molecule has 0 aromatic rings. The second-order valence-corrected chi connectivity index (χ2v) is 3.81. The quantitative estimate of drug-likeness (QED) is 0.817. The van der Waals surface area contributed by atoms with Crippen LogP contribution in [-0.2, 0) is 4.79 Å². The summed E-state index contributed by atoms with van der Waals surface area (Å²) < 4.78 is 35.6. The lowest BCUT2D eigenvalue weighted by Gasteiger charge is -2.32. The summed E-state index contributed by atoms with van der Waals surface area (Å²) in [6.07, 6.45) is -5.70. The SMILES string of the molecule is C[C@H]1CN(C(=O)CCC(F)(F)F)CCN1.Cl. The molecule has 0 aromatic carbocycles.